The van der Waals surface area contributed by atoms with E-state index < -0.39 is 10.0 Å². The number of anilines is 1. The van der Waals surface area contributed by atoms with Crippen molar-refractivity contribution < 1.29 is 13.2 Å². The zero-order valence-corrected chi connectivity index (χ0v) is 18.2. The Hall–Kier alpha value is -3.12. The highest BCUT2D eigenvalue weighted by molar-refractivity contribution is 7.92. The molecule has 3 aromatic carbocycles. The summed E-state index contributed by atoms with van der Waals surface area (Å²) in [6, 6.07) is 23.0. The van der Waals surface area contributed by atoms with E-state index in [-0.39, 0.29) is 16.8 Å². The molecule has 0 heterocycles. The maximum absolute atomic E-state index is 13.2. The van der Waals surface area contributed by atoms with Gasteiger partial charge < -0.3 is 5.32 Å². The first-order valence-corrected chi connectivity index (χ1v) is 11.3. The van der Waals surface area contributed by atoms with Gasteiger partial charge >= 0.3 is 0 Å². The van der Waals surface area contributed by atoms with Crippen LogP contribution in [0.1, 0.15) is 40.9 Å². The van der Waals surface area contributed by atoms with Crippen LogP contribution in [0.2, 0.25) is 0 Å². The van der Waals surface area contributed by atoms with E-state index >= 15 is 0 Å². The first-order chi connectivity index (χ1) is 14.3. The molecule has 0 aliphatic heterocycles. The minimum Gasteiger partial charge on any atom is -0.345 e. The number of carbonyl (C=O) groups excluding carboxylic acids is 1. The van der Waals surface area contributed by atoms with Crippen LogP contribution in [-0.2, 0) is 10.0 Å². The van der Waals surface area contributed by atoms with Crippen molar-refractivity contribution in [2.45, 2.75) is 31.2 Å². The topological polar surface area (TPSA) is 66.5 Å². The predicted molar refractivity (Wildman–Crippen MR) is 120 cm³/mol. The molecule has 6 heteroatoms. The van der Waals surface area contributed by atoms with Crippen LogP contribution in [0.15, 0.2) is 83.8 Å². The van der Waals surface area contributed by atoms with E-state index in [4.69, 9.17) is 0 Å². The van der Waals surface area contributed by atoms with E-state index in [0.29, 0.717) is 11.3 Å². The standard InChI is InChI=1S/C24H26N2O3S/c1-4-22(19-12-6-5-7-13-19)25-24(27)20-14-10-15-21(17-20)30(28,29)26(3)23-16-9-8-11-18(23)2/h5-17,22H,4H2,1-3H3,(H,25,27)/t22-/m1/s1. The number of sulfonamides is 1. The van der Waals surface area contributed by atoms with Gasteiger partial charge in [-0.1, -0.05) is 61.5 Å². The minimum atomic E-state index is -3.80. The number of carbonyl (C=O) groups is 1. The summed E-state index contributed by atoms with van der Waals surface area (Å²) in [6.07, 6.45) is 0.726. The molecule has 0 spiro atoms. The Morgan fingerprint density at radius 2 is 1.63 bits per heavy atom. The summed E-state index contributed by atoms with van der Waals surface area (Å²) >= 11 is 0. The summed E-state index contributed by atoms with van der Waals surface area (Å²) in [5, 5.41) is 3.00. The summed E-state index contributed by atoms with van der Waals surface area (Å²) in [7, 11) is -2.28. The fourth-order valence-electron chi connectivity index (χ4n) is 3.35. The SMILES string of the molecule is CC[C@@H](NC(=O)c1cccc(S(=O)(=O)N(C)c2ccccc2C)c1)c1ccccc1. The number of rotatable bonds is 7. The molecule has 1 atom stereocenters. The molecule has 0 unspecified atom stereocenters. The lowest BCUT2D eigenvalue weighted by Crippen LogP contribution is -2.29. The van der Waals surface area contributed by atoms with E-state index in [1.165, 1.54) is 23.5 Å². The van der Waals surface area contributed by atoms with E-state index in [1.807, 2.05) is 56.3 Å². The number of nitrogens with one attached hydrogen (secondary N) is 1. The summed E-state index contributed by atoms with van der Waals surface area (Å²) in [5.74, 6) is -0.304. The van der Waals surface area contributed by atoms with Crippen molar-refractivity contribution in [1.29, 1.82) is 0 Å². The Labute approximate surface area is 178 Å². The van der Waals surface area contributed by atoms with Crippen LogP contribution in [0, 0.1) is 6.92 Å². The normalized spacial score (nSPS) is 12.2. The van der Waals surface area contributed by atoms with Crippen molar-refractivity contribution in [3.8, 4) is 0 Å². The van der Waals surface area contributed by atoms with E-state index in [2.05, 4.69) is 5.32 Å². The van der Waals surface area contributed by atoms with Crippen molar-refractivity contribution in [1.82, 2.24) is 5.32 Å². The fraction of sp³-hybridized carbons (Fsp3) is 0.208. The number of hydrogen-bond donors (Lipinski definition) is 1. The minimum absolute atomic E-state index is 0.0775. The van der Waals surface area contributed by atoms with Gasteiger partial charge in [-0.3, -0.25) is 9.10 Å². The zero-order chi connectivity index (χ0) is 21.7. The highest BCUT2D eigenvalue weighted by atomic mass is 32.2. The third-order valence-electron chi connectivity index (χ3n) is 5.12. The number of benzene rings is 3. The monoisotopic (exact) mass is 422 g/mol. The molecule has 0 aromatic heterocycles. The number of para-hydroxylation sites is 1. The highest BCUT2D eigenvalue weighted by Crippen LogP contribution is 2.25. The maximum atomic E-state index is 13.2. The van der Waals surface area contributed by atoms with Gasteiger partial charge in [-0.05, 0) is 48.7 Å². The van der Waals surface area contributed by atoms with Gasteiger partial charge in [0.2, 0.25) is 0 Å². The van der Waals surface area contributed by atoms with Gasteiger partial charge in [0.15, 0.2) is 0 Å². The van der Waals surface area contributed by atoms with Gasteiger partial charge in [-0.15, -0.1) is 0 Å². The number of nitrogens with zero attached hydrogens (tertiary/aromatic N) is 1. The molecule has 0 bridgehead atoms. The molecular formula is C24H26N2O3S. The molecule has 1 N–H and O–H groups in total. The number of amides is 1. The first-order valence-electron chi connectivity index (χ1n) is 9.85. The highest BCUT2D eigenvalue weighted by Gasteiger charge is 2.24. The Kier molecular flexibility index (Phi) is 6.57. The van der Waals surface area contributed by atoms with Crippen LogP contribution in [0.3, 0.4) is 0 Å². The average Bonchev–Trinajstić information content (AvgIpc) is 2.77. The lowest BCUT2D eigenvalue weighted by Gasteiger charge is -2.22. The molecule has 5 nitrogen and oxygen atoms in total. The van der Waals surface area contributed by atoms with E-state index in [0.717, 1.165) is 17.5 Å². The Bertz CT molecular complexity index is 1130. The molecule has 0 radical (unpaired) electrons. The van der Waals surface area contributed by atoms with Crippen LogP contribution >= 0.6 is 0 Å². The molecular weight excluding hydrogens is 396 g/mol. The largest absolute Gasteiger partial charge is 0.345 e. The quantitative estimate of drug-likeness (QED) is 0.600. The van der Waals surface area contributed by atoms with E-state index in [1.54, 1.807) is 24.3 Å². The summed E-state index contributed by atoms with van der Waals surface area (Å²) in [6.45, 7) is 3.86. The summed E-state index contributed by atoms with van der Waals surface area (Å²) in [4.78, 5) is 12.9. The molecule has 0 aliphatic carbocycles. The molecule has 0 aliphatic rings. The van der Waals surface area contributed by atoms with E-state index in [9.17, 15) is 13.2 Å². The first kappa shape index (κ1) is 21.6. The van der Waals surface area contributed by atoms with Crippen molar-refractivity contribution >= 4 is 21.6 Å². The smallest absolute Gasteiger partial charge is 0.264 e. The van der Waals surface area contributed by atoms with Crippen molar-refractivity contribution in [2.75, 3.05) is 11.4 Å². The molecule has 1 amide bonds. The van der Waals surface area contributed by atoms with Crippen molar-refractivity contribution in [3.63, 3.8) is 0 Å². The second kappa shape index (κ2) is 9.13. The molecule has 0 saturated heterocycles. The zero-order valence-electron chi connectivity index (χ0n) is 17.4. The van der Waals surface area contributed by atoms with Crippen LogP contribution in [0.5, 0.6) is 0 Å². The Morgan fingerprint density at radius 1 is 0.967 bits per heavy atom. The Balaban J connectivity index is 1.86. The summed E-state index contributed by atoms with van der Waals surface area (Å²) in [5.41, 5.74) is 2.77. The van der Waals surface area contributed by atoms with Crippen LogP contribution in [0.4, 0.5) is 5.69 Å². The number of aryl methyl sites for hydroxylation is 1. The molecule has 0 saturated carbocycles. The third-order valence-corrected chi connectivity index (χ3v) is 6.89. The van der Waals surface area contributed by atoms with Crippen molar-refractivity contribution in [2.24, 2.45) is 0 Å². The fourth-order valence-corrected chi connectivity index (χ4v) is 4.66. The molecule has 30 heavy (non-hydrogen) atoms. The molecule has 0 fully saturated rings. The summed E-state index contributed by atoms with van der Waals surface area (Å²) < 4.78 is 27.6. The lowest BCUT2D eigenvalue weighted by atomic mass is 10.0. The molecule has 3 rings (SSSR count). The van der Waals surface area contributed by atoms with Crippen LogP contribution < -0.4 is 9.62 Å². The van der Waals surface area contributed by atoms with Gasteiger partial charge in [0.1, 0.15) is 0 Å². The van der Waals surface area contributed by atoms with Gasteiger partial charge in [-0.25, -0.2) is 8.42 Å². The third kappa shape index (κ3) is 4.54. The Morgan fingerprint density at radius 3 is 2.30 bits per heavy atom. The van der Waals surface area contributed by atoms with Crippen LogP contribution in [-0.4, -0.2) is 21.4 Å². The average molecular weight is 423 g/mol. The van der Waals surface area contributed by atoms with Gasteiger partial charge in [-0.2, -0.15) is 0 Å². The van der Waals surface area contributed by atoms with Gasteiger partial charge in [0, 0.05) is 12.6 Å². The predicted octanol–water partition coefficient (Wildman–Crippen LogP) is 4.70. The van der Waals surface area contributed by atoms with Gasteiger partial charge in [0.05, 0.1) is 16.6 Å². The second-order valence-corrected chi connectivity index (χ2v) is 9.10. The molecule has 3 aromatic rings. The van der Waals surface area contributed by atoms with Crippen LogP contribution in [0.25, 0.3) is 0 Å². The maximum Gasteiger partial charge on any atom is 0.264 e. The molecule has 156 valence electrons. The lowest BCUT2D eigenvalue weighted by molar-refractivity contribution is 0.0935. The number of hydrogen-bond acceptors (Lipinski definition) is 3. The van der Waals surface area contributed by atoms with Gasteiger partial charge in [0.25, 0.3) is 15.9 Å². The second-order valence-electron chi connectivity index (χ2n) is 7.13. The van der Waals surface area contributed by atoms with Crippen molar-refractivity contribution in [3.05, 3.63) is 95.6 Å².